The third kappa shape index (κ3) is 4.58. The Morgan fingerprint density at radius 1 is 1.21 bits per heavy atom. The van der Waals surface area contributed by atoms with Gasteiger partial charge >= 0.3 is 5.69 Å². The van der Waals surface area contributed by atoms with E-state index in [0.29, 0.717) is 16.4 Å². The number of aliphatic hydroxyl groups excluding tert-OH is 1. The molecule has 0 radical (unpaired) electrons. The predicted octanol–water partition coefficient (Wildman–Crippen LogP) is -1.28. The summed E-state index contributed by atoms with van der Waals surface area (Å²) in [5.74, 6) is -1.94. The van der Waals surface area contributed by atoms with Crippen LogP contribution < -0.4 is 11.2 Å². The fourth-order valence-corrected chi connectivity index (χ4v) is 4.27. The quantitative estimate of drug-likeness (QED) is 0.402. The van der Waals surface area contributed by atoms with E-state index >= 15 is 0 Å². The number of carbonyl (C=O) groups is 2. The molecule has 0 aliphatic carbocycles. The van der Waals surface area contributed by atoms with E-state index in [1.807, 2.05) is 0 Å². The van der Waals surface area contributed by atoms with Gasteiger partial charge in [-0.15, -0.1) is 0 Å². The number of rotatable bonds is 7. The number of benzene rings is 1. The lowest BCUT2D eigenvalue weighted by atomic mass is 9.88. The highest BCUT2D eigenvalue weighted by atomic mass is 32.2. The van der Waals surface area contributed by atoms with E-state index in [1.54, 1.807) is 30.3 Å². The number of hydrogen-bond donors (Lipinski definition) is 3. The number of ether oxygens (including phenoxy) is 1. The van der Waals surface area contributed by atoms with Crippen molar-refractivity contribution in [3.05, 3.63) is 57.4 Å². The second-order valence-corrected chi connectivity index (χ2v) is 9.29. The molecule has 1 aromatic heterocycles. The first kappa shape index (κ1) is 24.7. The first-order chi connectivity index (χ1) is 15.3. The van der Waals surface area contributed by atoms with Crippen LogP contribution in [0.4, 0.5) is 0 Å². The van der Waals surface area contributed by atoms with Gasteiger partial charge < -0.3 is 14.9 Å². The Hall–Kier alpha value is -2.97. The monoisotopic (exact) mass is 482 g/mol. The van der Waals surface area contributed by atoms with E-state index in [0.717, 1.165) is 20.0 Å². The molecule has 12 nitrogen and oxygen atoms in total. The average Bonchev–Trinajstić information content (AvgIpc) is 3.00. The van der Waals surface area contributed by atoms with Gasteiger partial charge in [0.25, 0.3) is 15.7 Å². The van der Waals surface area contributed by atoms with Gasteiger partial charge in [-0.1, -0.05) is 30.3 Å². The number of nitrogens with one attached hydrogen (secondary N) is 1. The van der Waals surface area contributed by atoms with Gasteiger partial charge in [0, 0.05) is 6.20 Å². The third-order valence-electron chi connectivity index (χ3n) is 5.27. The molecule has 1 unspecified atom stereocenters. The number of aliphatic hydroxyl groups is 2. The van der Waals surface area contributed by atoms with Crippen molar-refractivity contribution < 1.29 is 37.1 Å². The minimum atomic E-state index is -4.34. The van der Waals surface area contributed by atoms with E-state index < -0.39 is 63.1 Å². The number of carbonyl (C=O) groups excluding carboxylic acids is 2. The summed E-state index contributed by atoms with van der Waals surface area (Å²) in [6.45, 7) is 1.87. The van der Waals surface area contributed by atoms with Crippen LogP contribution in [0.25, 0.3) is 11.1 Å². The highest BCUT2D eigenvalue weighted by Gasteiger charge is 2.64. The molecule has 3 N–H and O–H groups in total. The molecule has 2 aromatic rings. The summed E-state index contributed by atoms with van der Waals surface area (Å²) in [5, 5.41) is 21.6. The lowest BCUT2D eigenvalue weighted by molar-refractivity contribution is -0.155. The van der Waals surface area contributed by atoms with Crippen LogP contribution in [0.2, 0.25) is 0 Å². The van der Waals surface area contributed by atoms with Crippen LogP contribution in [-0.4, -0.2) is 69.9 Å². The Morgan fingerprint density at radius 2 is 1.82 bits per heavy atom. The molecule has 0 amide bonds. The summed E-state index contributed by atoms with van der Waals surface area (Å²) in [7, 11) is -4.34. The average molecular weight is 482 g/mol. The first-order valence-electron chi connectivity index (χ1n) is 9.64. The Morgan fingerprint density at radius 3 is 2.33 bits per heavy atom. The van der Waals surface area contributed by atoms with Gasteiger partial charge in [0.15, 0.2) is 23.4 Å². The van der Waals surface area contributed by atoms with Crippen molar-refractivity contribution in [2.75, 3.05) is 6.26 Å². The van der Waals surface area contributed by atoms with Crippen LogP contribution in [0, 0.1) is 0 Å². The molecule has 1 saturated heterocycles. The number of H-pyrrole nitrogens is 1. The second kappa shape index (κ2) is 8.76. The molecule has 3 rings (SSSR count). The molecule has 13 heteroatoms. The van der Waals surface area contributed by atoms with Crippen molar-refractivity contribution in [1.29, 1.82) is 0 Å². The minimum absolute atomic E-state index is 0.0270. The van der Waals surface area contributed by atoms with Gasteiger partial charge in [-0.25, -0.2) is 4.79 Å². The lowest BCUT2D eigenvalue weighted by Gasteiger charge is -2.31. The fraction of sp³-hybridized carbons (Fsp3) is 0.400. The maximum Gasteiger partial charge on any atom is 0.330 e. The zero-order valence-electron chi connectivity index (χ0n) is 17.8. The van der Waals surface area contributed by atoms with Crippen molar-refractivity contribution in [2.45, 2.75) is 44.0 Å². The number of nitrogens with zero attached hydrogens (tertiary/aromatic N) is 1. The fourth-order valence-electron chi connectivity index (χ4n) is 3.64. The summed E-state index contributed by atoms with van der Waals surface area (Å²) in [6.07, 6.45) is -6.21. The van der Waals surface area contributed by atoms with Crippen molar-refractivity contribution in [3.8, 4) is 11.1 Å². The van der Waals surface area contributed by atoms with Crippen LogP contribution in [0.3, 0.4) is 0 Å². The predicted molar refractivity (Wildman–Crippen MR) is 113 cm³/mol. The molecule has 1 aliphatic heterocycles. The smallest absolute Gasteiger partial charge is 0.330 e. The number of Topliss-reactive ketones (excluding diaryl/α,β-unsaturated/α-hetero) is 2. The zero-order chi connectivity index (χ0) is 24.7. The van der Waals surface area contributed by atoms with E-state index in [1.165, 1.54) is 0 Å². The van der Waals surface area contributed by atoms with E-state index in [-0.39, 0.29) is 5.56 Å². The zero-order valence-corrected chi connectivity index (χ0v) is 18.6. The maximum atomic E-state index is 12.6. The summed E-state index contributed by atoms with van der Waals surface area (Å²) in [5.41, 5.74) is -4.33. The standard InChI is InChI=1S/C20H22N2O10S/c1-10(23)14(25)15-16(32-33(3,29)30)20(28,11(2)24)18(31-15)22-9-13(17(26)21-19(22)27)12-7-5-4-6-8-12/h4-9,14-16,18,25,28H,1-3H3,(H,21,26,27)/t14?,15-,16+,18-,20-/m1/s1. The highest BCUT2D eigenvalue weighted by Crippen LogP contribution is 2.42. The van der Waals surface area contributed by atoms with Crippen molar-refractivity contribution >= 4 is 21.7 Å². The molecule has 33 heavy (non-hydrogen) atoms. The third-order valence-corrected chi connectivity index (χ3v) is 5.83. The van der Waals surface area contributed by atoms with E-state index in [9.17, 15) is 37.8 Å². The van der Waals surface area contributed by atoms with Crippen LogP contribution in [0.1, 0.15) is 20.1 Å². The van der Waals surface area contributed by atoms with Crippen molar-refractivity contribution in [2.24, 2.45) is 0 Å². The number of hydrogen-bond acceptors (Lipinski definition) is 10. The Bertz CT molecular complexity index is 1300. The SMILES string of the molecule is CC(=O)C(O)[C@H]1O[C@@H](n2cc(-c3ccccc3)c(=O)[nH]c2=O)[C@@](O)(C(C)=O)[C@H]1OS(C)(=O)=O. The van der Waals surface area contributed by atoms with E-state index in [2.05, 4.69) is 4.98 Å². The topological polar surface area (TPSA) is 182 Å². The Balaban J connectivity index is 2.25. The van der Waals surface area contributed by atoms with Crippen molar-refractivity contribution in [3.63, 3.8) is 0 Å². The molecule has 2 heterocycles. The molecule has 0 bridgehead atoms. The summed E-state index contributed by atoms with van der Waals surface area (Å²) >= 11 is 0. The largest absolute Gasteiger partial charge is 0.382 e. The molecular weight excluding hydrogens is 460 g/mol. The molecule has 1 aromatic carbocycles. The van der Waals surface area contributed by atoms with Gasteiger partial charge in [-0.2, -0.15) is 8.42 Å². The highest BCUT2D eigenvalue weighted by molar-refractivity contribution is 7.86. The number of aromatic amines is 1. The van der Waals surface area contributed by atoms with Crippen molar-refractivity contribution in [1.82, 2.24) is 9.55 Å². The summed E-state index contributed by atoms with van der Waals surface area (Å²) < 4.78 is 34.8. The van der Waals surface area contributed by atoms with Gasteiger partial charge in [0.2, 0.25) is 0 Å². The second-order valence-electron chi connectivity index (χ2n) is 7.69. The maximum absolute atomic E-state index is 12.6. The summed E-state index contributed by atoms with van der Waals surface area (Å²) in [4.78, 5) is 51.4. The minimum Gasteiger partial charge on any atom is -0.382 e. The van der Waals surface area contributed by atoms with Gasteiger partial charge in [-0.3, -0.25) is 28.1 Å². The van der Waals surface area contributed by atoms with Crippen LogP contribution in [0.5, 0.6) is 0 Å². The lowest BCUT2D eigenvalue weighted by Crippen LogP contribution is -2.56. The summed E-state index contributed by atoms with van der Waals surface area (Å²) in [6, 6.07) is 8.12. The molecular formula is C20H22N2O10S. The van der Waals surface area contributed by atoms with Gasteiger partial charge in [-0.05, 0) is 19.4 Å². The van der Waals surface area contributed by atoms with Gasteiger partial charge in [0.1, 0.15) is 18.3 Å². The number of ketones is 2. The Labute approximate surface area is 187 Å². The molecule has 1 aliphatic rings. The Kier molecular flexibility index (Phi) is 6.55. The first-order valence-corrected chi connectivity index (χ1v) is 11.5. The van der Waals surface area contributed by atoms with Crippen LogP contribution >= 0.6 is 0 Å². The molecule has 0 saturated carbocycles. The van der Waals surface area contributed by atoms with Crippen LogP contribution in [0.15, 0.2) is 46.1 Å². The molecule has 0 spiro atoms. The van der Waals surface area contributed by atoms with E-state index in [4.69, 9.17) is 8.92 Å². The molecule has 5 atom stereocenters. The molecule has 1 fully saturated rings. The normalized spacial score (nSPS) is 26.2. The molecule has 178 valence electrons. The van der Waals surface area contributed by atoms with Gasteiger partial charge in [0.05, 0.1) is 11.8 Å². The number of aromatic nitrogens is 2. The van der Waals surface area contributed by atoms with Crippen LogP contribution in [-0.2, 0) is 28.6 Å².